The summed E-state index contributed by atoms with van der Waals surface area (Å²) in [7, 11) is 0. The van der Waals surface area contributed by atoms with Crippen molar-refractivity contribution in [2.45, 2.75) is 36.7 Å². The fraction of sp³-hybridized carbons (Fsp3) is 1.00. The van der Waals surface area contributed by atoms with Crippen molar-refractivity contribution in [2.24, 2.45) is 0 Å². The van der Waals surface area contributed by atoms with Crippen molar-refractivity contribution in [1.29, 1.82) is 0 Å². The molecule has 0 unspecified atom stereocenters. The SMILES string of the molecule is CCCCC[CH2][Zr].O.O.O. The minimum absolute atomic E-state index is 0. The van der Waals surface area contributed by atoms with Gasteiger partial charge in [0, 0.05) is 0 Å². The molecule has 0 saturated heterocycles. The van der Waals surface area contributed by atoms with Crippen LogP contribution in [0.4, 0.5) is 0 Å². The van der Waals surface area contributed by atoms with Crippen molar-refractivity contribution in [1.82, 2.24) is 0 Å². The van der Waals surface area contributed by atoms with Crippen LogP contribution >= 0.6 is 0 Å². The van der Waals surface area contributed by atoms with Crippen LogP contribution in [0.25, 0.3) is 0 Å². The van der Waals surface area contributed by atoms with Crippen LogP contribution in [-0.2, 0) is 24.7 Å². The minimum Gasteiger partial charge on any atom is -0.412 e. The number of rotatable bonds is 4. The Bertz CT molecular complexity index is 32.2. The van der Waals surface area contributed by atoms with Crippen LogP contribution < -0.4 is 0 Å². The Kier molecular flexibility index (Phi) is 50.6. The average molecular weight is 230 g/mol. The first-order valence-corrected chi connectivity index (χ1v) is 4.80. The molecule has 0 heterocycles. The minimum atomic E-state index is 0. The zero-order valence-electron chi connectivity index (χ0n) is 6.54. The maximum atomic E-state index is 2.25. The Labute approximate surface area is 78.0 Å². The van der Waals surface area contributed by atoms with Gasteiger partial charge >= 0.3 is 61.5 Å². The fourth-order valence-electron chi connectivity index (χ4n) is 0.552. The topological polar surface area (TPSA) is 94.5 Å². The van der Waals surface area contributed by atoms with Crippen molar-refractivity contribution in [3.63, 3.8) is 0 Å². The molecule has 0 saturated carbocycles. The second-order valence-electron chi connectivity index (χ2n) is 1.81. The average Bonchev–Trinajstić information content (AvgIpc) is 1.69. The molecule has 6 N–H and O–H groups in total. The molecule has 0 amide bonds. The molecule has 4 heteroatoms. The molecule has 0 spiro atoms. The van der Waals surface area contributed by atoms with Gasteiger partial charge in [0.2, 0.25) is 0 Å². The van der Waals surface area contributed by atoms with Crippen molar-refractivity contribution in [2.75, 3.05) is 0 Å². The van der Waals surface area contributed by atoms with Crippen LogP contribution in [0, 0.1) is 0 Å². The van der Waals surface area contributed by atoms with Crippen molar-refractivity contribution in [3.05, 3.63) is 0 Å². The third-order valence-electron chi connectivity index (χ3n) is 1.03. The Morgan fingerprint density at radius 1 is 0.900 bits per heavy atom. The standard InChI is InChI=1S/C6H13.3H2O.Zr/c1-3-5-6-4-2;;;;/h1,3-6H2,2H3;3*1H2;. The molecular formula is C6H19O3Zr. The Morgan fingerprint density at radius 3 is 1.70 bits per heavy atom. The van der Waals surface area contributed by atoms with E-state index in [1.807, 2.05) is 0 Å². The van der Waals surface area contributed by atoms with Crippen LogP contribution in [0.5, 0.6) is 0 Å². The third-order valence-corrected chi connectivity index (χ3v) is 1.90. The summed E-state index contributed by atoms with van der Waals surface area (Å²) in [6.45, 7) is 2.25. The number of unbranched alkanes of at least 4 members (excludes halogenated alkanes) is 3. The van der Waals surface area contributed by atoms with Crippen LogP contribution in [0.3, 0.4) is 0 Å². The summed E-state index contributed by atoms with van der Waals surface area (Å²) < 4.78 is 1.45. The van der Waals surface area contributed by atoms with Gasteiger partial charge in [-0.3, -0.25) is 0 Å². The Balaban J connectivity index is -0.0000000600. The van der Waals surface area contributed by atoms with Crippen LogP contribution in [0.1, 0.15) is 32.6 Å². The van der Waals surface area contributed by atoms with Crippen molar-refractivity contribution in [3.8, 4) is 0 Å². The van der Waals surface area contributed by atoms with E-state index < -0.39 is 0 Å². The maximum Gasteiger partial charge on any atom is -0.412 e. The summed E-state index contributed by atoms with van der Waals surface area (Å²) in [6, 6.07) is 0. The van der Waals surface area contributed by atoms with Crippen molar-refractivity contribution >= 4 is 0 Å². The molecule has 0 atom stereocenters. The van der Waals surface area contributed by atoms with Gasteiger partial charge in [0.1, 0.15) is 0 Å². The van der Waals surface area contributed by atoms with Gasteiger partial charge in [-0.25, -0.2) is 0 Å². The molecular weight excluding hydrogens is 211 g/mol. The van der Waals surface area contributed by atoms with E-state index in [9.17, 15) is 0 Å². The maximum absolute atomic E-state index is 2.25. The normalized spacial score (nSPS) is 6.40. The first-order chi connectivity index (χ1) is 3.41. The van der Waals surface area contributed by atoms with E-state index in [0.717, 1.165) is 0 Å². The number of hydrogen-bond donors (Lipinski definition) is 0. The molecule has 0 aliphatic heterocycles. The monoisotopic (exact) mass is 229 g/mol. The molecule has 0 aromatic heterocycles. The van der Waals surface area contributed by atoms with Gasteiger partial charge < -0.3 is 16.4 Å². The van der Waals surface area contributed by atoms with E-state index in [-0.39, 0.29) is 16.4 Å². The molecule has 0 rings (SSSR count). The predicted molar refractivity (Wildman–Crippen MR) is 39.8 cm³/mol. The first-order valence-electron chi connectivity index (χ1n) is 3.06. The van der Waals surface area contributed by atoms with Gasteiger partial charge in [-0.05, 0) is 0 Å². The van der Waals surface area contributed by atoms with E-state index >= 15 is 0 Å². The molecule has 0 fully saturated rings. The second-order valence-corrected chi connectivity index (χ2v) is 3.04. The van der Waals surface area contributed by atoms with E-state index in [1.165, 1.54) is 29.8 Å². The molecule has 3 nitrogen and oxygen atoms in total. The van der Waals surface area contributed by atoms with Gasteiger partial charge in [0.05, 0.1) is 0 Å². The Hall–Kier alpha value is 0.763. The van der Waals surface area contributed by atoms with Gasteiger partial charge in [0.15, 0.2) is 0 Å². The summed E-state index contributed by atoms with van der Waals surface area (Å²) in [6.07, 6.45) is 5.73. The predicted octanol–water partition coefficient (Wildman–Crippen LogP) is 0.0577. The first kappa shape index (κ1) is 22.4. The molecule has 0 radical (unpaired) electrons. The summed E-state index contributed by atoms with van der Waals surface area (Å²) in [5.74, 6) is 0. The largest absolute Gasteiger partial charge is 0.412 e. The van der Waals surface area contributed by atoms with E-state index in [1.54, 1.807) is 24.7 Å². The molecule has 0 aliphatic rings. The second kappa shape index (κ2) is 22.6. The summed E-state index contributed by atoms with van der Waals surface area (Å²) >= 11 is 1.70. The van der Waals surface area contributed by atoms with Crippen LogP contribution in [0.2, 0.25) is 4.13 Å². The van der Waals surface area contributed by atoms with Gasteiger partial charge in [-0.1, -0.05) is 0 Å². The van der Waals surface area contributed by atoms with Crippen LogP contribution in [0.15, 0.2) is 0 Å². The summed E-state index contributed by atoms with van der Waals surface area (Å²) in [5.41, 5.74) is 0. The summed E-state index contributed by atoms with van der Waals surface area (Å²) in [5, 5.41) is 0. The van der Waals surface area contributed by atoms with Crippen LogP contribution in [-0.4, -0.2) is 16.4 Å². The zero-order chi connectivity index (χ0) is 5.54. The molecule has 0 aromatic carbocycles. The van der Waals surface area contributed by atoms with E-state index in [0.29, 0.717) is 0 Å². The van der Waals surface area contributed by atoms with E-state index in [4.69, 9.17) is 0 Å². The zero-order valence-corrected chi connectivity index (χ0v) is 8.99. The van der Waals surface area contributed by atoms with Gasteiger partial charge in [0.25, 0.3) is 0 Å². The molecule has 0 aromatic rings. The van der Waals surface area contributed by atoms with E-state index in [2.05, 4.69) is 6.92 Å². The molecule has 0 aliphatic carbocycles. The molecule has 0 bridgehead atoms. The van der Waals surface area contributed by atoms with Gasteiger partial charge in [-0.2, -0.15) is 0 Å². The quantitative estimate of drug-likeness (QED) is 0.611. The third kappa shape index (κ3) is 23.3. The Morgan fingerprint density at radius 2 is 1.40 bits per heavy atom. The molecule has 65 valence electrons. The van der Waals surface area contributed by atoms with Crippen molar-refractivity contribution < 1.29 is 41.1 Å². The molecule has 10 heavy (non-hydrogen) atoms. The summed E-state index contributed by atoms with van der Waals surface area (Å²) in [4.78, 5) is 0. The van der Waals surface area contributed by atoms with Gasteiger partial charge in [-0.15, -0.1) is 0 Å². The number of hydrogen-bond acceptors (Lipinski definition) is 0. The fourth-order valence-corrected chi connectivity index (χ4v) is 1.17. The smallest absolute Gasteiger partial charge is 0.412 e.